The molecule has 0 radical (unpaired) electrons. The minimum absolute atomic E-state index is 0.103. The molecule has 1 aromatic carbocycles. The molecule has 0 aliphatic carbocycles. The largest absolute Gasteiger partial charge is 0.344 e. The van der Waals surface area contributed by atoms with Crippen molar-refractivity contribution in [2.45, 2.75) is 45.1 Å². The molecule has 0 saturated heterocycles. The van der Waals surface area contributed by atoms with Crippen LogP contribution >= 0.6 is 11.3 Å². The van der Waals surface area contributed by atoms with Gasteiger partial charge in [-0.15, -0.1) is 10.2 Å². The number of carbonyl (C=O) groups excluding carboxylic acids is 3. The number of hydrogen-bond acceptors (Lipinski definition) is 6. The minimum Gasteiger partial charge on any atom is -0.344 e. The van der Waals surface area contributed by atoms with E-state index in [9.17, 15) is 23.2 Å². The van der Waals surface area contributed by atoms with E-state index in [1.54, 1.807) is 6.92 Å². The molecule has 2 atom stereocenters. The number of amides is 2. The van der Waals surface area contributed by atoms with Crippen LogP contribution in [0.1, 0.15) is 43.2 Å². The number of nitrogens with zero attached hydrogens (tertiary/aromatic N) is 2. The highest BCUT2D eigenvalue weighted by Crippen LogP contribution is 2.24. The molecule has 0 aliphatic rings. The maximum absolute atomic E-state index is 13.2. The van der Waals surface area contributed by atoms with Crippen LogP contribution in [0.3, 0.4) is 0 Å². The van der Waals surface area contributed by atoms with Gasteiger partial charge in [0.2, 0.25) is 16.9 Å². The van der Waals surface area contributed by atoms with Crippen LogP contribution in [0.25, 0.3) is 0 Å². The fourth-order valence-corrected chi connectivity index (χ4v) is 3.23. The van der Waals surface area contributed by atoms with E-state index < -0.39 is 29.5 Å². The summed E-state index contributed by atoms with van der Waals surface area (Å²) in [7, 11) is 0. The molecule has 7 nitrogen and oxygen atoms in total. The summed E-state index contributed by atoms with van der Waals surface area (Å²) in [5.41, 5.74) is 0.170. The third kappa shape index (κ3) is 6.15. The third-order valence-corrected chi connectivity index (χ3v) is 4.96. The fraction of sp³-hybridized carbons (Fsp3) is 0.389. The summed E-state index contributed by atoms with van der Waals surface area (Å²) in [5, 5.41) is 13.8. The van der Waals surface area contributed by atoms with Crippen molar-refractivity contribution in [2.75, 3.05) is 5.32 Å². The molecule has 150 valence electrons. The first kappa shape index (κ1) is 21.5. The number of carbonyl (C=O) groups is 3. The molecular formula is C18H20F2N4O3S. The van der Waals surface area contributed by atoms with E-state index in [1.165, 1.54) is 0 Å². The van der Waals surface area contributed by atoms with Gasteiger partial charge in [0.15, 0.2) is 0 Å². The lowest BCUT2D eigenvalue weighted by atomic mass is 10.1. The topological polar surface area (TPSA) is 101 Å². The third-order valence-electron chi connectivity index (χ3n) is 3.89. The summed E-state index contributed by atoms with van der Waals surface area (Å²) in [4.78, 5) is 35.1. The smallest absolute Gasteiger partial charge is 0.248 e. The van der Waals surface area contributed by atoms with E-state index >= 15 is 0 Å². The summed E-state index contributed by atoms with van der Waals surface area (Å²) in [6, 6.07) is 2.00. The normalized spacial score (nSPS) is 12.9. The van der Waals surface area contributed by atoms with E-state index in [0.29, 0.717) is 17.8 Å². The van der Waals surface area contributed by atoms with E-state index in [0.717, 1.165) is 35.8 Å². The highest BCUT2D eigenvalue weighted by atomic mass is 32.1. The average Bonchev–Trinajstić information content (AvgIpc) is 3.07. The van der Waals surface area contributed by atoms with Gasteiger partial charge >= 0.3 is 0 Å². The first-order chi connectivity index (χ1) is 13.3. The lowest BCUT2D eigenvalue weighted by Crippen LogP contribution is -2.44. The van der Waals surface area contributed by atoms with Gasteiger partial charge < -0.3 is 10.1 Å². The Morgan fingerprint density at radius 1 is 1.21 bits per heavy atom. The van der Waals surface area contributed by atoms with Gasteiger partial charge in [-0.1, -0.05) is 25.2 Å². The number of rotatable bonds is 9. The van der Waals surface area contributed by atoms with Gasteiger partial charge in [0.1, 0.15) is 29.0 Å². The molecule has 0 spiro atoms. The number of aromatic nitrogens is 2. The highest BCUT2D eigenvalue weighted by molar-refractivity contribution is 7.15. The molecular weight excluding hydrogens is 390 g/mol. The Morgan fingerprint density at radius 2 is 1.89 bits per heavy atom. The molecule has 28 heavy (non-hydrogen) atoms. The molecule has 2 unspecified atom stereocenters. The van der Waals surface area contributed by atoms with Gasteiger partial charge in [-0.25, -0.2) is 8.78 Å². The van der Waals surface area contributed by atoms with Crippen molar-refractivity contribution in [1.29, 1.82) is 0 Å². The first-order valence-corrected chi connectivity index (χ1v) is 9.46. The Bertz CT molecular complexity index is 839. The molecule has 0 fully saturated rings. The van der Waals surface area contributed by atoms with E-state index in [1.807, 2.05) is 6.92 Å². The number of hydrogen-bond donors (Lipinski definition) is 2. The predicted octanol–water partition coefficient (Wildman–Crippen LogP) is 2.58. The summed E-state index contributed by atoms with van der Waals surface area (Å²) in [5.74, 6) is -2.67. The monoisotopic (exact) mass is 410 g/mol. The van der Waals surface area contributed by atoms with Crippen LogP contribution in [0.4, 0.5) is 13.9 Å². The van der Waals surface area contributed by atoms with E-state index in [4.69, 9.17) is 0 Å². The van der Waals surface area contributed by atoms with Gasteiger partial charge in [0.05, 0.1) is 6.42 Å². The summed E-state index contributed by atoms with van der Waals surface area (Å²) in [6.07, 6.45) is 1.14. The molecule has 2 aromatic rings. The van der Waals surface area contributed by atoms with E-state index in [2.05, 4.69) is 20.8 Å². The second-order valence-electron chi connectivity index (χ2n) is 6.22. The Labute approximate surface area is 164 Å². The highest BCUT2D eigenvalue weighted by Gasteiger charge is 2.21. The van der Waals surface area contributed by atoms with Crippen LogP contribution in [0.2, 0.25) is 0 Å². The van der Waals surface area contributed by atoms with Crippen molar-refractivity contribution < 1.29 is 23.2 Å². The molecule has 0 aliphatic heterocycles. The van der Waals surface area contributed by atoms with Crippen LogP contribution in [-0.4, -0.2) is 34.3 Å². The van der Waals surface area contributed by atoms with Crippen molar-refractivity contribution in [3.8, 4) is 0 Å². The van der Waals surface area contributed by atoms with Crippen LogP contribution < -0.4 is 10.6 Å². The molecule has 10 heteroatoms. The SMILES string of the molecule is CCC(NC(=O)Cc1cc(F)cc(F)c1)C(=O)Nc1nnc(C(C)CC=O)s1. The van der Waals surface area contributed by atoms with Crippen LogP contribution in [-0.2, 0) is 20.8 Å². The first-order valence-electron chi connectivity index (χ1n) is 8.64. The maximum atomic E-state index is 13.2. The molecule has 1 aromatic heterocycles. The lowest BCUT2D eigenvalue weighted by Gasteiger charge is -2.15. The Hall–Kier alpha value is -2.75. The van der Waals surface area contributed by atoms with Crippen LogP contribution in [0.15, 0.2) is 18.2 Å². The second kappa shape index (κ2) is 9.98. The van der Waals surface area contributed by atoms with Crippen molar-refractivity contribution in [3.63, 3.8) is 0 Å². The van der Waals surface area contributed by atoms with Crippen LogP contribution in [0, 0.1) is 11.6 Å². The Kier molecular flexibility index (Phi) is 7.68. The predicted molar refractivity (Wildman–Crippen MR) is 99.9 cm³/mol. The van der Waals surface area contributed by atoms with Crippen molar-refractivity contribution >= 4 is 34.6 Å². The van der Waals surface area contributed by atoms with E-state index in [-0.39, 0.29) is 23.0 Å². The van der Waals surface area contributed by atoms with Crippen molar-refractivity contribution in [1.82, 2.24) is 15.5 Å². The fourth-order valence-electron chi connectivity index (χ4n) is 2.42. The molecule has 2 N–H and O–H groups in total. The van der Waals surface area contributed by atoms with Gasteiger partial charge in [-0.05, 0) is 24.1 Å². The number of aldehydes is 1. The van der Waals surface area contributed by atoms with Gasteiger partial charge in [-0.2, -0.15) is 0 Å². The molecule has 0 saturated carbocycles. The lowest BCUT2D eigenvalue weighted by molar-refractivity contribution is -0.126. The standard InChI is InChI=1S/C18H20F2N4O3S/c1-3-14(21-15(26)8-11-6-12(19)9-13(20)7-11)16(27)22-18-24-23-17(28-18)10(2)4-5-25/h5-7,9-10,14H,3-4,8H2,1-2H3,(H,21,26)(H,22,24,27). The summed E-state index contributed by atoms with van der Waals surface area (Å²) >= 11 is 1.15. The zero-order valence-corrected chi connectivity index (χ0v) is 16.2. The quantitative estimate of drug-likeness (QED) is 0.619. The zero-order valence-electron chi connectivity index (χ0n) is 15.4. The van der Waals surface area contributed by atoms with Gasteiger partial charge in [0, 0.05) is 18.4 Å². The zero-order chi connectivity index (χ0) is 20.7. The number of benzene rings is 1. The Morgan fingerprint density at radius 3 is 2.50 bits per heavy atom. The van der Waals surface area contributed by atoms with Crippen LogP contribution in [0.5, 0.6) is 0 Å². The molecule has 0 bridgehead atoms. The summed E-state index contributed by atoms with van der Waals surface area (Å²) < 4.78 is 26.4. The minimum atomic E-state index is -0.842. The second-order valence-corrected chi connectivity index (χ2v) is 7.23. The van der Waals surface area contributed by atoms with Crippen molar-refractivity contribution in [2.24, 2.45) is 0 Å². The van der Waals surface area contributed by atoms with Gasteiger partial charge in [0.25, 0.3) is 0 Å². The number of anilines is 1. The summed E-state index contributed by atoms with van der Waals surface area (Å²) in [6.45, 7) is 3.54. The molecule has 2 amide bonds. The molecule has 2 rings (SSSR count). The molecule has 1 heterocycles. The number of nitrogens with one attached hydrogen (secondary N) is 2. The Balaban J connectivity index is 1.95. The number of halogens is 2. The van der Waals surface area contributed by atoms with Gasteiger partial charge in [-0.3, -0.25) is 14.9 Å². The maximum Gasteiger partial charge on any atom is 0.248 e. The average molecular weight is 410 g/mol. The van der Waals surface area contributed by atoms with Crippen molar-refractivity contribution in [3.05, 3.63) is 40.4 Å².